The molecule has 102 valence electrons. The SMILES string of the molecule is COC(=O)c1ccc(OCCOCCN=[N+]=[N-])cc1. The van der Waals surface area contributed by atoms with Gasteiger partial charge < -0.3 is 14.2 Å². The fraction of sp³-hybridized carbons (Fsp3) is 0.417. The standard InChI is InChI=1S/C12H15N3O4/c1-17-12(16)10-2-4-11(5-3-10)19-9-8-18-7-6-14-15-13/h2-5H,6-9H2,1H3. The van der Waals surface area contributed by atoms with E-state index in [1.807, 2.05) is 0 Å². The normalized spacial score (nSPS) is 9.53. The lowest BCUT2D eigenvalue weighted by Crippen LogP contribution is -2.08. The van der Waals surface area contributed by atoms with E-state index in [2.05, 4.69) is 14.8 Å². The van der Waals surface area contributed by atoms with Crippen LogP contribution in [0.25, 0.3) is 10.4 Å². The second-order valence-electron chi connectivity index (χ2n) is 3.43. The molecule has 0 amide bonds. The topological polar surface area (TPSA) is 93.5 Å². The molecule has 19 heavy (non-hydrogen) atoms. The molecule has 0 aliphatic rings. The third-order valence-corrected chi connectivity index (χ3v) is 2.17. The van der Waals surface area contributed by atoms with Crippen LogP contribution in [-0.4, -0.2) is 39.4 Å². The van der Waals surface area contributed by atoms with Crippen molar-refractivity contribution in [3.63, 3.8) is 0 Å². The van der Waals surface area contributed by atoms with Crippen LogP contribution in [-0.2, 0) is 9.47 Å². The average Bonchev–Trinajstić information content (AvgIpc) is 2.46. The zero-order valence-electron chi connectivity index (χ0n) is 10.6. The molecule has 0 aliphatic carbocycles. The van der Waals surface area contributed by atoms with Crippen molar-refractivity contribution in [1.29, 1.82) is 0 Å². The van der Waals surface area contributed by atoms with Gasteiger partial charge in [-0.3, -0.25) is 0 Å². The molecule has 0 radical (unpaired) electrons. The van der Waals surface area contributed by atoms with Crippen molar-refractivity contribution in [1.82, 2.24) is 0 Å². The number of ether oxygens (including phenoxy) is 3. The van der Waals surface area contributed by atoms with E-state index in [0.29, 0.717) is 37.7 Å². The molecule has 0 fully saturated rings. The first-order chi connectivity index (χ1) is 9.27. The minimum atomic E-state index is -0.382. The third kappa shape index (κ3) is 5.76. The largest absolute Gasteiger partial charge is 0.491 e. The van der Waals surface area contributed by atoms with E-state index < -0.39 is 0 Å². The monoisotopic (exact) mass is 265 g/mol. The van der Waals surface area contributed by atoms with Crippen molar-refractivity contribution < 1.29 is 19.0 Å². The summed E-state index contributed by atoms with van der Waals surface area (Å²) in [6.45, 7) is 1.46. The molecule has 7 heteroatoms. The van der Waals surface area contributed by atoms with Gasteiger partial charge in [-0.25, -0.2) is 4.79 Å². The Labute approximate surface area is 110 Å². The van der Waals surface area contributed by atoms with Gasteiger partial charge in [-0.15, -0.1) is 0 Å². The number of rotatable bonds is 8. The van der Waals surface area contributed by atoms with Crippen molar-refractivity contribution in [3.8, 4) is 5.75 Å². The number of esters is 1. The van der Waals surface area contributed by atoms with Gasteiger partial charge in [0.2, 0.25) is 0 Å². The average molecular weight is 265 g/mol. The van der Waals surface area contributed by atoms with E-state index in [4.69, 9.17) is 15.0 Å². The summed E-state index contributed by atoms with van der Waals surface area (Å²) in [6, 6.07) is 6.63. The van der Waals surface area contributed by atoms with Gasteiger partial charge in [0.1, 0.15) is 12.4 Å². The fourth-order valence-electron chi connectivity index (χ4n) is 1.28. The third-order valence-electron chi connectivity index (χ3n) is 2.17. The number of hydrogen-bond donors (Lipinski definition) is 0. The van der Waals surface area contributed by atoms with Crippen LogP contribution in [0.2, 0.25) is 0 Å². The van der Waals surface area contributed by atoms with E-state index in [0.717, 1.165) is 0 Å². The van der Waals surface area contributed by atoms with Crippen molar-refractivity contribution in [2.24, 2.45) is 5.11 Å². The Bertz CT molecular complexity index is 441. The number of azide groups is 1. The smallest absolute Gasteiger partial charge is 0.337 e. The highest BCUT2D eigenvalue weighted by Gasteiger charge is 2.04. The van der Waals surface area contributed by atoms with Crippen LogP contribution >= 0.6 is 0 Å². The van der Waals surface area contributed by atoms with E-state index in [-0.39, 0.29) is 5.97 Å². The Morgan fingerprint density at radius 2 is 2.00 bits per heavy atom. The van der Waals surface area contributed by atoms with Crippen LogP contribution in [0.5, 0.6) is 5.75 Å². The summed E-state index contributed by atoms with van der Waals surface area (Å²) in [4.78, 5) is 13.8. The van der Waals surface area contributed by atoms with E-state index in [1.54, 1.807) is 24.3 Å². The van der Waals surface area contributed by atoms with Crippen LogP contribution in [0.4, 0.5) is 0 Å². The first-order valence-electron chi connectivity index (χ1n) is 5.67. The molecule has 0 bridgehead atoms. The molecular weight excluding hydrogens is 250 g/mol. The first-order valence-corrected chi connectivity index (χ1v) is 5.67. The second-order valence-corrected chi connectivity index (χ2v) is 3.43. The van der Waals surface area contributed by atoms with Gasteiger partial charge in [0.15, 0.2) is 0 Å². The summed E-state index contributed by atoms with van der Waals surface area (Å²) in [5.74, 6) is 0.263. The molecule has 0 aliphatic heterocycles. The summed E-state index contributed by atoms with van der Waals surface area (Å²) >= 11 is 0. The Kier molecular flexibility index (Phi) is 6.86. The number of carbonyl (C=O) groups is 1. The molecule has 0 atom stereocenters. The minimum Gasteiger partial charge on any atom is -0.491 e. The van der Waals surface area contributed by atoms with Gasteiger partial charge >= 0.3 is 5.97 Å². The van der Waals surface area contributed by atoms with Crippen molar-refractivity contribution in [3.05, 3.63) is 40.3 Å². The van der Waals surface area contributed by atoms with Gasteiger partial charge in [0, 0.05) is 11.5 Å². The number of benzene rings is 1. The van der Waals surface area contributed by atoms with Gasteiger partial charge in [-0.1, -0.05) is 5.11 Å². The lowest BCUT2D eigenvalue weighted by molar-refractivity contribution is 0.0600. The highest BCUT2D eigenvalue weighted by molar-refractivity contribution is 5.89. The summed E-state index contributed by atoms with van der Waals surface area (Å²) in [7, 11) is 1.33. The van der Waals surface area contributed by atoms with Gasteiger partial charge in [-0.05, 0) is 29.8 Å². The lowest BCUT2D eigenvalue weighted by atomic mass is 10.2. The molecule has 1 aromatic carbocycles. The van der Waals surface area contributed by atoms with Crippen LogP contribution < -0.4 is 4.74 Å². The maximum absolute atomic E-state index is 11.2. The Balaban J connectivity index is 2.23. The van der Waals surface area contributed by atoms with Crippen molar-refractivity contribution in [2.45, 2.75) is 0 Å². The molecule has 0 aromatic heterocycles. The maximum atomic E-state index is 11.2. The zero-order valence-corrected chi connectivity index (χ0v) is 10.6. The number of carbonyl (C=O) groups excluding carboxylic acids is 1. The maximum Gasteiger partial charge on any atom is 0.337 e. The summed E-state index contributed by atoms with van der Waals surface area (Å²) in [5, 5.41) is 3.33. The van der Waals surface area contributed by atoms with Crippen molar-refractivity contribution >= 4 is 5.97 Å². The molecule has 0 N–H and O–H groups in total. The Morgan fingerprint density at radius 3 is 2.63 bits per heavy atom. The number of methoxy groups -OCH3 is 1. The fourth-order valence-corrected chi connectivity index (χ4v) is 1.28. The number of hydrogen-bond acceptors (Lipinski definition) is 5. The molecule has 0 heterocycles. The van der Waals surface area contributed by atoms with Gasteiger partial charge in [-0.2, -0.15) is 0 Å². The summed E-state index contributed by atoms with van der Waals surface area (Å²) in [6.07, 6.45) is 0. The molecule has 0 unspecified atom stereocenters. The molecule has 0 saturated heterocycles. The van der Waals surface area contributed by atoms with Crippen LogP contribution in [0, 0.1) is 0 Å². The molecule has 1 rings (SSSR count). The summed E-state index contributed by atoms with van der Waals surface area (Å²) in [5.41, 5.74) is 8.51. The van der Waals surface area contributed by atoms with Gasteiger partial charge in [0.05, 0.1) is 25.9 Å². The molecule has 1 aromatic rings. The Morgan fingerprint density at radius 1 is 1.26 bits per heavy atom. The second kappa shape index (κ2) is 8.79. The zero-order chi connectivity index (χ0) is 13.9. The predicted octanol–water partition coefficient (Wildman–Crippen LogP) is 2.18. The number of nitrogens with zero attached hydrogens (tertiary/aromatic N) is 3. The van der Waals surface area contributed by atoms with Crippen LogP contribution in [0.1, 0.15) is 10.4 Å². The van der Waals surface area contributed by atoms with Gasteiger partial charge in [0.25, 0.3) is 0 Å². The van der Waals surface area contributed by atoms with Crippen LogP contribution in [0.3, 0.4) is 0 Å². The summed E-state index contributed by atoms with van der Waals surface area (Å²) < 4.78 is 15.2. The quantitative estimate of drug-likeness (QED) is 0.237. The molecule has 0 spiro atoms. The highest BCUT2D eigenvalue weighted by atomic mass is 16.5. The highest BCUT2D eigenvalue weighted by Crippen LogP contribution is 2.12. The van der Waals surface area contributed by atoms with Crippen LogP contribution in [0.15, 0.2) is 29.4 Å². The van der Waals surface area contributed by atoms with E-state index >= 15 is 0 Å². The predicted molar refractivity (Wildman–Crippen MR) is 68.1 cm³/mol. The molecular formula is C12H15N3O4. The Hall–Kier alpha value is -2.24. The lowest BCUT2D eigenvalue weighted by Gasteiger charge is -2.07. The van der Waals surface area contributed by atoms with E-state index in [1.165, 1.54) is 7.11 Å². The minimum absolute atomic E-state index is 0.310. The molecule has 7 nitrogen and oxygen atoms in total. The molecule has 0 saturated carbocycles. The van der Waals surface area contributed by atoms with E-state index in [9.17, 15) is 4.79 Å². The first kappa shape index (κ1) is 14.8. The van der Waals surface area contributed by atoms with Crippen molar-refractivity contribution in [2.75, 3.05) is 33.5 Å².